The first-order chi connectivity index (χ1) is 9.33. The van der Waals surface area contributed by atoms with Crippen LogP contribution in [0.2, 0.25) is 18.1 Å². The van der Waals surface area contributed by atoms with Crippen LogP contribution in [0.4, 0.5) is 0 Å². The normalized spacial score (nSPS) is 13.1. The highest BCUT2D eigenvalue weighted by molar-refractivity contribution is 6.74. The van der Waals surface area contributed by atoms with Gasteiger partial charge in [0.25, 0.3) is 0 Å². The van der Waals surface area contributed by atoms with Crippen molar-refractivity contribution in [1.29, 1.82) is 0 Å². The van der Waals surface area contributed by atoms with Crippen molar-refractivity contribution < 1.29 is 4.43 Å². The standard InChI is InChI=1S/C18H30OSi/c1-18(2,3)20(4,5)19-16-12-7-6-9-13-17-14-10-8-11-15-17/h6-8,10-11,14-15H,9,12-13,16H2,1-5H3/b7-6+. The van der Waals surface area contributed by atoms with Gasteiger partial charge in [-0.05, 0) is 43.0 Å². The van der Waals surface area contributed by atoms with Crippen molar-refractivity contribution in [2.24, 2.45) is 0 Å². The maximum absolute atomic E-state index is 6.15. The summed E-state index contributed by atoms with van der Waals surface area (Å²) in [7, 11) is -1.56. The number of allylic oxidation sites excluding steroid dienone is 1. The van der Waals surface area contributed by atoms with E-state index in [1.165, 1.54) is 5.56 Å². The Hall–Kier alpha value is -0.863. The Morgan fingerprint density at radius 3 is 2.20 bits per heavy atom. The van der Waals surface area contributed by atoms with Crippen molar-refractivity contribution in [1.82, 2.24) is 0 Å². The largest absolute Gasteiger partial charge is 0.417 e. The van der Waals surface area contributed by atoms with Gasteiger partial charge in [0.05, 0.1) is 0 Å². The van der Waals surface area contributed by atoms with Crippen LogP contribution in [0.15, 0.2) is 42.5 Å². The number of rotatable bonds is 7. The number of hydrogen-bond acceptors (Lipinski definition) is 1. The smallest absolute Gasteiger partial charge is 0.191 e. The van der Waals surface area contributed by atoms with Crippen LogP contribution >= 0.6 is 0 Å². The average molecular weight is 291 g/mol. The molecule has 1 rings (SSSR count). The second-order valence-corrected chi connectivity index (χ2v) is 11.7. The summed E-state index contributed by atoms with van der Waals surface area (Å²) in [5, 5.41) is 0.310. The van der Waals surface area contributed by atoms with Gasteiger partial charge in [-0.3, -0.25) is 0 Å². The summed E-state index contributed by atoms with van der Waals surface area (Å²) in [5.41, 5.74) is 1.41. The number of hydrogen-bond donors (Lipinski definition) is 0. The van der Waals surface area contributed by atoms with Gasteiger partial charge < -0.3 is 4.43 Å². The second kappa shape index (κ2) is 7.80. The molecule has 0 bridgehead atoms. The van der Waals surface area contributed by atoms with E-state index in [0.717, 1.165) is 25.9 Å². The van der Waals surface area contributed by atoms with Crippen molar-refractivity contribution in [2.75, 3.05) is 6.61 Å². The van der Waals surface area contributed by atoms with E-state index in [2.05, 4.69) is 76.3 Å². The summed E-state index contributed by atoms with van der Waals surface area (Å²) in [4.78, 5) is 0. The van der Waals surface area contributed by atoms with Crippen molar-refractivity contribution in [2.45, 2.75) is 58.2 Å². The summed E-state index contributed by atoms with van der Waals surface area (Å²) in [5.74, 6) is 0. The van der Waals surface area contributed by atoms with Crippen molar-refractivity contribution >= 4 is 8.32 Å². The van der Waals surface area contributed by atoms with Crippen LogP contribution in [0, 0.1) is 0 Å². The molecule has 0 amide bonds. The Morgan fingerprint density at radius 1 is 1.00 bits per heavy atom. The highest BCUT2D eigenvalue weighted by atomic mass is 28.4. The van der Waals surface area contributed by atoms with Crippen molar-refractivity contribution in [3.05, 3.63) is 48.0 Å². The first-order valence-electron chi connectivity index (χ1n) is 7.66. The fourth-order valence-corrected chi connectivity index (χ4v) is 2.79. The first-order valence-corrected chi connectivity index (χ1v) is 10.6. The Morgan fingerprint density at radius 2 is 1.60 bits per heavy atom. The summed E-state index contributed by atoms with van der Waals surface area (Å²) in [6.07, 6.45) is 7.81. The predicted octanol–water partition coefficient (Wildman–Crippen LogP) is 5.59. The molecule has 0 heterocycles. The molecular weight excluding hydrogens is 260 g/mol. The summed E-state index contributed by atoms with van der Waals surface area (Å²) < 4.78 is 6.15. The molecule has 0 aromatic heterocycles. The lowest BCUT2D eigenvalue weighted by Crippen LogP contribution is -2.40. The zero-order valence-corrected chi connectivity index (χ0v) is 14.8. The van der Waals surface area contributed by atoms with Crippen LogP contribution in [0.3, 0.4) is 0 Å². The molecule has 2 heteroatoms. The van der Waals surface area contributed by atoms with Crippen LogP contribution in [0.5, 0.6) is 0 Å². The maximum atomic E-state index is 6.15. The Labute approximate surface area is 126 Å². The molecule has 1 aromatic rings. The van der Waals surface area contributed by atoms with Gasteiger partial charge in [0.15, 0.2) is 8.32 Å². The lowest BCUT2D eigenvalue weighted by molar-refractivity contribution is 0.294. The van der Waals surface area contributed by atoms with Crippen LogP contribution in [-0.4, -0.2) is 14.9 Å². The van der Waals surface area contributed by atoms with E-state index in [9.17, 15) is 0 Å². The Balaban J connectivity index is 2.17. The molecule has 20 heavy (non-hydrogen) atoms. The third-order valence-electron chi connectivity index (χ3n) is 4.16. The van der Waals surface area contributed by atoms with Gasteiger partial charge in [0.2, 0.25) is 0 Å². The highest BCUT2D eigenvalue weighted by Gasteiger charge is 2.36. The number of benzene rings is 1. The van der Waals surface area contributed by atoms with E-state index in [1.807, 2.05) is 0 Å². The van der Waals surface area contributed by atoms with Crippen LogP contribution in [0.1, 0.15) is 39.2 Å². The minimum absolute atomic E-state index is 0.310. The molecule has 1 nitrogen and oxygen atoms in total. The molecular formula is C18H30OSi. The van der Waals surface area contributed by atoms with Gasteiger partial charge in [-0.25, -0.2) is 0 Å². The van der Waals surface area contributed by atoms with E-state index < -0.39 is 8.32 Å². The fraction of sp³-hybridized carbons (Fsp3) is 0.556. The number of aryl methyl sites for hydroxylation is 1. The fourth-order valence-electron chi connectivity index (χ4n) is 1.73. The lowest BCUT2D eigenvalue weighted by Gasteiger charge is -2.36. The average Bonchev–Trinajstić information content (AvgIpc) is 2.37. The second-order valence-electron chi connectivity index (χ2n) is 6.89. The van der Waals surface area contributed by atoms with E-state index in [4.69, 9.17) is 4.43 Å². The minimum atomic E-state index is -1.56. The highest BCUT2D eigenvalue weighted by Crippen LogP contribution is 2.36. The molecule has 0 saturated heterocycles. The van der Waals surface area contributed by atoms with Crippen LogP contribution in [0.25, 0.3) is 0 Å². The topological polar surface area (TPSA) is 9.23 Å². The van der Waals surface area contributed by atoms with Crippen LogP contribution in [-0.2, 0) is 10.8 Å². The minimum Gasteiger partial charge on any atom is -0.417 e. The molecule has 0 radical (unpaired) electrons. The van der Waals surface area contributed by atoms with Gasteiger partial charge in [-0.15, -0.1) is 0 Å². The predicted molar refractivity (Wildman–Crippen MR) is 91.7 cm³/mol. The molecule has 112 valence electrons. The molecule has 0 aliphatic heterocycles. The van der Waals surface area contributed by atoms with E-state index in [0.29, 0.717) is 5.04 Å². The molecule has 0 spiro atoms. The zero-order valence-electron chi connectivity index (χ0n) is 13.8. The lowest BCUT2D eigenvalue weighted by atomic mass is 10.1. The van der Waals surface area contributed by atoms with Gasteiger partial charge >= 0.3 is 0 Å². The van der Waals surface area contributed by atoms with Gasteiger partial charge in [0, 0.05) is 6.61 Å². The summed E-state index contributed by atoms with van der Waals surface area (Å²) in [6, 6.07) is 10.7. The molecule has 0 fully saturated rings. The molecule has 0 saturated carbocycles. The van der Waals surface area contributed by atoms with E-state index >= 15 is 0 Å². The van der Waals surface area contributed by atoms with Crippen LogP contribution < -0.4 is 0 Å². The molecule has 0 aliphatic rings. The van der Waals surface area contributed by atoms with Gasteiger partial charge in [-0.1, -0.05) is 63.3 Å². The molecule has 0 aliphatic carbocycles. The Bertz CT molecular complexity index is 401. The maximum Gasteiger partial charge on any atom is 0.191 e. The third-order valence-corrected chi connectivity index (χ3v) is 8.70. The monoisotopic (exact) mass is 290 g/mol. The molecule has 0 unspecified atom stereocenters. The van der Waals surface area contributed by atoms with Crippen molar-refractivity contribution in [3.63, 3.8) is 0 Å². The summed E-state index contributed by atoms with van der Waals surface area (Å²) in [6.45, 7) is 12.3. The zero-order chi connectivity index (χ0) is 15.1. The SMILES string of the molecule is CC(C)(C)[Si](C)(C)OCC/C=C/CCc1ccccc1. The molecule has 0 atom stereocenters. The van der Waals surface area contributed by atoms with E-state index in [-0.39, 0.29) is 0 Å². The van der Waals surface area contributed by atoms with Crippen molar-refractivity contribution in [3.8, 4) is 0 Å². The molecule has 1 aromatic carbocycles. The van der Waals surface area contributed by atoms with Gasteiger partial charge in [0.1, 0.15) is 0 Å². The Kier molecular flexibility index (Phi) is 6.70. The quantitative estimate of drug-likeness (QED) is 0.361. The first kappa shape index (κ1) is 17.2. The molecule has 0 N–H and O–H groups in total. The summed E-state index contributed by atoms with van der Waals surface area (Å²) >= 11 is 0. The van der Waals surface area contributed by atoms with E-state index in [1.54, 1.807) is 0 Å². The third kappa shape index (κ3) is 6.06. The van der Waals surface area contributed by atoms with Gasteiger partial charge in [-0.2, -0.15) is 0 Å².